The average molecular weight is 364 g/mol. The van der Waals surface area contributed by atoms with Gasteiger partial charge in [-0.05, 0) is 55.5 Å². The van der Waals surface area contributed by atoms with Crippen LogP contribution in [0.5, 0.6) is 5.75 Å². The Morgan fingerprint density at radius 3 is 2.50 bits per heavy atom. The van der Waals surface area contributed by atoms with Crippen LogP contribution in [0, 0.1) is 6.92 Å². The van der Waals surface area contributed by atoms with Crippen LogP contribution in [0.1, 0.15) is 29.2 Å². The molecule has 1 aromatic carbocycles. The molecule has 2 unspecified atom stereocenters. The predicted molar refractivity (Wildman–Crippen MR) is 106 cm³/mol. The Hall–Kier alpha value is -2.86. The summed E-state index contributed by atoms with van der Waals surface area (Å²) in [4.78, 5) is 6.52. The highest BCUT2D eigenvalue weighted by molar-refractivity contribution is 7.80. The van der Waals surface area contributed by atoms with Gasteiger partial charge in [0.2, 0.25) is 0 Å². The zero-order valence-electron chi connectivity index (χ0n) is 14.6. The third-order valence-electron chi connectivity index (χ3n) is 4.95. The Balaban J connectivity index is 1.89. The lowest BCUT2D eigenvalue weighted by Gasteiger charge is -2.28. The van der Waals surface area contributed by atoms with Crippen LogP contribution in [0.15, 0.2) is 60.8 Å². The molecule has 0 amide bonds. The van der Waals surface area contributed by atoms with Crippen molar-refractivity contribution >= 4 is 23.0 Å². The average Bonchev–Trinajstić information content (AvgIpc) is 3.16. The molecule has 0 spiro atoms. The lowest BCUT2D eigenvalue weighted by atomic mass is 10.0. The minimum absolute atomic E-state index is 0.115. The first-order valence-electron chi connectivity index (χ1n) is 8.49. The topological polar surface area (TPSA) is 53.3 Å². The number of thiocarbonyl (C=S) groups is 1. The van der Waals surface area contributed by atoms with Crippen LogP contribution in [-0.2, 0) is 7.05 Å². The molecule has 2 N–H and O–H groups in total. The van der Waals surface area contributed by atoms with E-state index in [4.69, 9.17) is 12.2 Å². The second-order valence-electron chi connectivity index (χ2n) is 6.44. The fraction of sp³-hybridized carbons (Fsp3) is 0.200. The molecule has 1 aliphatic heterocycles. The largest absolute Gasteiger partial charge is 0.506 e. The zero-order valence-corrected chi connectivity index (χ0v) is 15.4. The lowest BCUT2D eigenvalue weighted by molar-refractivity contribution is 0.471. The number of hydrogen-bond donors (Lipinski definition) is 2. The van der Waals surface area contributed by atoms with Gasteiger partial charge in [0.25, 0.3) is 0 Å². The molecule has 0 bridgehead atoms. The normalized spacial score (nSPS) is 19.6. The number of aryl methyl sites for hydroxylation is 1. The molecule has 2 atom stereocenters. The molecule has 0 aliphatic carbocycles. The first-order valence-corrected chi connectivity index (χ1v) is 8.89. The van der Waals surface area contributed by atoms with Gasteiger partial charge < -0.3 is 19.9 Å². The highest BCUT2D eigenvalue weighted by Gasteiger charge is 2.42. The van der Waals surface area contributed by atoms with E-state index >= 15 is 0 Å². The Bertz CT molecular complexity index is 953. The van der Waals surface area contributed by atoms with Crippen LogP contribution < -0.4 is 10.2 Å². The summed E-state index contributed by atoms with van der Waals surface area (Å²) in [6.45, 7) is 2.07. The monoisotopic (exact) mass is 364 g/mol. The number of hydrogen-bond acceptors (Lipinski definition) is 3. The summed E-state index contributed by atoms with van der Waals surface area (Å²) >= 11 is 5.65. The van der Waals surface area contributed by atoms with Crippen molar-refractivity contribution < 1.29 is 5.11 Å². The Labute approximate surface area is 157 Å². The summed E-state index contributed by atoms with van der Waals surface area (Å²) in [5, 5.41) is 14.4. The van der Waals surface area contributed by atoms with Crippen molar-refractivity contribution in [1.29, 1.82) is 0 Å². The highest BCUT2D eigenvalue weighted by atomic mass is 32.1. The molecule has 6 heteroatoms. The number of anilines is 1. The third-order valence-corrected chi connectivity index (χ3v) is 5.27. The van der Waals surface area contributed by atoms with Crippen LogP contribution in [0.3, 0.4) is 0 Å². The van der Waals surface area contributed by atoms with Gasteiger partial charge in [-0.1, -0.05) is 18.2 Å². The van der Waals surface area contributed by atoms with Crippen molar-refractivity contribution in [3.8, 4) is 5.75 Å². The van der Waals surface area contributed by atoms with Crippen LogP contribution in [0.4, 0.5) is 5.69 Å². The van der Waals surface area contributed by atoms with E-state index < -0.39 is 0 Å². The van der Waals surface area contributed by atoms with E-state index in [9.17, 15) is 5.11 Å². The predicted octanol–water partition coefficient (Wildman–Crippen LogP) is 3.61. The van der Waals surface area contributed by atoms with E-state index in [-0.39, 0.29) is 17.8 Å². The highest BCUT2D eigenvalue weighted by Crippen LogP contribution is 2.44. The number of phenolic OH excluding ortho intramolecular Hbond substituents is 1. The summed E-state index contributed by atoms with van der Waals surface area (Å²) < 4.78 is 2.16. The first-order chi connectivity index (χ1) is 12.6. The Morgan fingerprint density at radius 1 is 1.08 bits per heavy atom. The van der Waals surface area contributed by atoms with Gasteiger partial charge in [0.15, 0.2) is 5.11 Å². The van der Waals surface area contributed by atoms with E-state index in [1.165, 1.54) is 0 Å². The van der Waals surface area contributed by atoms with Gasteiger partial charge in [-0.15, -0.1) is 0 Å². The van der Waals surface area contributed by atoms with E-state index in [1.54, 1.807) is 12.3 Å². The molecule has 1 fully saturated rings. The molecule has 2 aromatic heterocycles. The number of benzene rings is 1. The summed E-state index contributed by atoms with van der Waals surface area (Å²) in [6, 6.07) is 17.1. The van der Waals surface area contributed by atoms with Crippen LogP contribution in [0.2, 0.25) is 0 Å². The summed E-state index contributed by atoms with van der Waals surface area (Å²) in [5.41, 5.74) is 3.87. The summed E-state index contributed by atoms with van der Waals surface area (Å²) in [7, 11) is 2.05. The Morgan fingerprint density at radius 2 is 1.85 bits per heavy atom. The number of pyridine rings is 1. The number of nitrogens with zero attached hydrogens (tertiary/aromatic N) is 3. The minimum atomic E-state index is -0.121. The fourth-order valence-electron chi connectivity index (χ4n) is 3.51. The van der Waals surface area contributed by atoms with Gasteiger partial charge in [0, 0.05) is 24.6 Å². The maximum absolute atomic E-state index is 10.4. The van der Waals surface area contributed by atoms with Crippen molar-refractivity contribution in [2.24, 2.45) is 7.05 Å². The Kier molecular flexibility index (Phi) is 4.12. The number of phenols is 1. The zero-order chi connectivity index (χ0) is 18.3. The third kappa shape index (κ3) is 2.63. The number of rotatable bonds is 3. The molecule has 1 saturated heterocycles. The molecule has 26 heavy (non-hydrogen) atoms. The number of aromatic hydroxyl groups is 1. The maximum Gasteiger partial charge on any atom is 0.174 e. The molecule has 0 saturated carbocycles. The molecule has 3 heterocycles. The van der Waals surface area contributed by atoms with Crippen molar-refractivity contribution in [2.45, 2.75) is 19.0 Å². The van der Waals surface area contributed by atoms with Gasteiger partial charge in [-0.25, -0.2) is 0 Å². The second kappa shape index (κ2) is 6.46. The fourth-order valence-corrected chi connectivity index (χ4v) is 3.85. The van der Waals surface area contributed by atoms with E-state index in [0.29, 0.717) is 10.8 Å². The van der Waals surface area contributed by atoms with Crippen LogP contribution in [-0.4, -0.2) is 19.8 Å². The van der Waals surface area contributed by atoms with Crippen LogP contribution in [0.25, 0.3) is 0 Å². The molecule has 132 valence electrons. The van der Waals surface area contributed by atoms with E-state index in [0.717, 1.165) is 17.1 Å². The van der Waals surface area contributed by atoms with Gasteiger partial charge in [-0.2, -0.15) is 0 Å². The van der Waals surface area contributed by atoms with E-state index in [1.807, 2.05) is 48.3 Å². The van der Waals surface area contributed by atoms with Gasteiger partial charge in [-0.3, -0.25) is 4.98 Å². The minimum Gasteiger partial charge on any atom is -0.506 e. The molecular formula is C20H20N4OS. The number of nitrogens with one attached hydrogen (secondary N) is 1. The molecule has 4 rings (SSSR count). The molecular weight excluding hydrogens is 344 g/mol. The van der Waals surface area contributed by atoms with Crippen molar-refractivity contribution in [3.05, 3.63) is 77.9 Å². The SMILES string of the molecule is Cc1ccc(C2C(c3ccccn3)NC(=S)N2c2ccccc2O)n1C. The quantitative estimate of drug-likeness (QED) is 0.696. The van der Waals surface area contributed by atoms with Crippen molar-refractivity contribution in [3.63, 3.8) is 0 Å². The second-order valence-corrected chi connectivity index (χ2v) is 6.83. The maximum atomic E-state index is 10.4. The van der Waals surface area contributed by atoms with E-state index in [2.05, 4.69) is 33.9 Å². The van der Waals surface area contributed by atoms with Crippen molar-refractivity contribution in [2.75, 3.05) is 4.90 Å². The summed E-state index contributed by atoms with van der Waals surface area (Å²) in [5.74, 6) is 0.203. The van der Waals surface area contributed by atoms with Gasteiger partial charge in [0.1, 0.15) is 11.8 Å². The number of para-hydroxylation sites is 2. The van der Waals surface area contributed by atoms with Gasteiger partial charge in [0.05, 0.1) is 17.4 Å². The smallest absolute Gasteiger partial charge is 0.174 e. The first kappa shape index (κ1) is 16.6. The van der Waals surface area contributed by atoms with Gasteiger partial charge >= 0.3 is 0 Å². The standard InChI is InChI=1S/C20H20N4OS/c1-13-10-11-16(23(13)2)19-18(14-7-5-6-12-21-14)22-20(26)24(19)15-8-3-4-9-17(15)25/h3-12,18-19,25H,1-2H3,(H,22,26). The summed E-state index contributed by atoms with van der Waals surface area (Å²) in [6.07, 6.45) is 1.79. The number of aromatic nitrogens is 2. The van der Waals surface area contributed by atoms with Crippen LogP contribution >= 0.6 is 12.2 Å². The lowest BCUT2D eigenvalue weighted by Crippen LogP contribution is -2.30. The molecule has 5 nitrogen and oxygen atoms in total. The molecule has 1 aliphatic rings. The molecule has 0 radical (unpaired) electrons. The molecule has 3 aromatic rings. The van der Waals surface area contributed by atoms with Crippen molar-refractivity contribution in [1.82, 2.24) is 14.9 Å².